The molecule has 1 aromatic rings. The SMILES string of the molecule is Cc1c(N(C)C)ccc(C2=C(N(C)C)C=CC2)c1/C=N/O. The van der Waals surface area contributed by atoms with E-state index in [4.69, 9.17) is 5.21 Å². The van der Waals surface area contributed by atoms with E-state index in [1.165, 1.54) is 17.5 Å². The molecular weight excluding hydrogens is 262 g/mol. The molecule has 0 fully saturated rings. The lowest BCUT2D eigenvalue weighted by Gasteiger charge is -2.22. The average Bonchev–Trinajstić information content (AvgIpc) is 2.90. The first kappa shape index (κ1) is 15.2. The lowest BCUT2D eigenvalue weighted by molar-refractivity contribution is 0.322. The van der Waals surface area contributed by atoms with Crippen molar-refractivity contribution in [3.63, 3.8) is 0 Å². The van der Waals surface area contributed by atoms with E-state index in [0.29, 0.717) is 0 Å². The zero-order valence-corrected chi connectivity index (χ0v) is 13.4. The largest absolute Gasteiger partial charge is 0.411 e. The molecule has 0 unspecified atom stereocenters. The average molecular weight is 285 g/mol. The van der Waals surface area contributed by atoms with Crippen LogP contribution in [0.5, 0.6) is 0 Å². The van der Waals surface area contributed by atoms with Crippen LogP contribution in [0.1, 0.15) is 23.1 Å². The number of rotatable bonds is 4. The molecule has 1 aliphatic carbocycles. The lowest BCUT2D eigenvalue weighted by Crippen LogP contribution is -2.13. The summed E-state index contributed by atoms with van der Waals surface area (Å²) in [5.41, 5.74) is 6.83. The number of likely N-dealkylation sites (N-methyl/N-ethyl adjacent to an activating group) is 1. The molecule has 1 aromatic carbocycles. The Balaban J connectivity index is 2.65. The fourth-order valence-electron chi connectivity index (χ4n) is 2.85. The Morgan fingerprint density at radius 3 is 2.43 bits per heavy atom. The van der Waals surface area contributed by atoms with Gasteiger partial charge >= 0.3 is 0 Å². The summed E-state index contributed by atoms with van der Waals surface area (Å²) >= 11 is 0. The van der Waals surface area contributed by atoms with Crippen LogP contribution in [0, 0.1) is 6.92 Å². The molecule has 4 heteroatoms. The van der Waals surface area contributed by atoms with Crippen LogP contribution in [0.3, 0.4) is 0 Å². The number of anilines is 1. The van der Waals surface area contributed by atoms with Crippen molar-refractivity contribution in [3.8, 4) is 0 Å². The molecule has 112 valence electrons. The minimum Gasteiger partial charge on any atom is -0.411 e. The first-order valence-electron chi connectivity index (χ1n) is 7.03. The van der Waals surface area contributed by atoms with Crippen molar-refractivity contribution in [2.24, 2.45) is 5.16 Å². The minimum absolute atomic E-state index is 0.903. The number of benzene rings is 1. The zero-order valence-electron chi connectivity index (χ0n) is 13.4. The summed E-state index contributed by atoms with van der Waals surface area (Å²) in [5, 5.41) is 12.3. The van der Waals surface area contributed by atoms with Gasteiger partial charge in [-0.3, -0.25) is 0 Å². The topological polar surface area (TPSA) is 39.1 Å². The normalized spacial score (nSPS) is 14.3. The van der Waals surface area contributed by atoms with Crippen LogP contribution in [0.2, 0.25) is 0 Å². The number of oxime groups is 1. The van der Waals surface area contributed by atoms with Crippen LogP contribution >= 0.6 is 0 Å². The van der Waals surface area contributed by atoms with Gasteiger partial charge in [-0.1, -0.05) is 17.3 Å². The highest BCUT2D eigenvalue weighted by Gasteiger charge is 2.18. The molecule has 1 N–H and O–H groups in total. The van der Waals surface area contributed by atoms with Crippen molar-refractivity contribution < 1.29 is 5.21 Å². The molecule has 21 heavy (non-hydrogen) atoms. The Morgan fingerprint density at radius 2 is 1.86 bits per heavy atom. The van der Waals surface area contributed by atoms with Gasteiger partial charge in [-0.2, -0.15) is 0 Å². The van der Waals surface area contributed by atoms with Gasteiger partial charge in [0.05, 0.1) is 6.21 Å². The molecule has 0 aromatic heterocycles. The van der Waals surface area contributed by atoms with Crippen molar-refractivity contribution >= 4 is 17.5 Å². The molecule has 0 spiro atoms. The van der Waals surface area contributed by atoms with E-state index in [9.17, 15) is 0 Å². The second-order valence-corrected chi connectivity index (χ2v) is 5.67. The van der Waals surface area contributed by atoms with Gasteiger partial charge in [0.2, 0.25) is 0 Å². The van der Waals surface area contributed by atoms with Gasteiger partial charge in [0.15, 0.2) is 0 Å². The quantitative estimate of drug-likeness (QED) is 0.525. The number of hydrogen-bond acceptors (Lipinski definition) is 4. The summed E-state index contributed by atoms with van der Waals surface area (Å²) in [6.45, 7) is 2.06. The van der Waals surface area contributed by atoms with Crippen molar-refractivity contribution in [2.45, 2.75) is 13.3 Å². The van der Waals surface area contributed by atoms with Crippen LogP contribution in [-0.4, -0.2) is 44.5 Å². The number of hydrogen-bond donors (Lipinski definition) is 1. The van der Waals surface area contributed by atoms with Gasteiger partial charge in [0, 0.05) is 45.1 Å². The van der Waals surface area contributed by atoms with Crippen molar-refractivity contribution in [2.75, 3.05) is 33.1 Å². The second kappa shape index (κ2) is 6.04. The highest BCUT2D eigenvalue weighted by molar-refractivity contribution is 5.93. The molecule has 0 heterocycles. The van der Waals surface area contributed by atoms with Crippen LogP contribution in [0.25, 0.3) is 5.57 Å². The summed E-state index contributed by atoms with van der Waals surface area (Å²) in [4.78, 5) is 4.19. The van der Waals surface area contributed by atoms with Gasteiger partial charge in [-0.05, 0) is 42.2 Å². The molecule has 4 nitrogen and oxygen atoms in total. The van der Waals surface area contributed by atoms with Gasteiger partial charge in [-0.25, -0.2) is 0 Å². The van der Waals surface area contributed by atoms with E-state index in [0.717, 1.165) is 28.8 Å². The Labute approximate surface area is 126 Å². The Hall–Kier alpha value is -2.23. The molecule has 0 bridgehead atoms. The Morgan fingerprint density at radius 1 is 1.14 bits per heavy atom. The number of allylic oxidation sites excluding steroid dienone is 3. The summed E-state index contributed by atoms with van der Waals surface area (Å²) in [5.74, 6) is 0. The predicted octanol–water partition coefficient (Wildman–Crippen LogP) is 3.10. The van der Waals surface area contributed by atoms with Crippen molar-refractivity contribution in [3.05, 3.63) is 46.7 Å². The molecule has 1 aliphatic rings. The summed E-state index contributed by atoms with van der Waals surface area (Å²) in [6, 6.07) is 4.24. The molecule has 0 amide bonds. The van der Waals surface area contributed by atoms with E-state index in [1.807, 2.05) is 28.2 Å². The first-order chi connectivity index (χ1) is 9.97. The first-order valence-corrected chi connectivity index (χ1v) is 7.03. The van der Waals surface area contributed by atoms with E-state index >= 15 is 0 Å². The highest BCUT2D eigenvalue weighted by Crippen LogP contribution is 2.35. The molecule has 2 rings (SSSR count). The Bertz CT molecular complexity index is 625. The maximum atomic E-state index is 9.03. The molecule has 0 saturated carbocycles. The Kier molecular flexibility index (Phi) is 4.36. The standard InChI is InChI=1S/C17H23N3O/c1-12-15(11-18-21)13(9-10-16(12)19(2)3)14-7-6-8-17(14)20(4)5/h6,8-11,21H,7H2,1-5H3/b18-11+. The van der Waals surface area contributed by atoms with Gasteiger partial charge < -0.3 is 15.0 Å². The smallest absolute Gasteiger partial charge is 0.0743 e. The summed E-state index contributed by atoms with van der Waals surface area (Å²) < 4.78 is 0. The van der Waals surface area contributed by atoms with Crippen LogP contribution in [0.15, 0.2) is 35.1 Å². The maximum Gasteiger partial charge on any atom is 0.0743 e. The van der Waals surface area contributed by atoms with E-state index in [1.54, 1.807) is 0 Å². The zero-order chi connectivity index (χ0) is 15.6. The monoisotopic (exact) mass is 285 g/mol. The lowest BCUT2D eigenvalue weighted by atomic mass is 9.93. The van der Waals surface area contributed by atoms with Crippen molar-refractivity contribution in [1.82, 2.24) is 4.90 Å². The van der Waals surface area contributed by atoms with Gasteiger partial charge in [0.25, 0.3) is 0 Å². The van der Waals surface area contributed by atoms with Crippen LogP contribution in [0.4, 0.5) is 5.69 Å². The van der Waals surface area contributed by atoms with Crippen LogP contribution < -0.4 is 4.90 Å². The third-order valence-corrected chi connectivity index (χ3v) is 3.87. The van der Waals surface area contributed by atoms with E-state index in [-0.39, 0.29) is 0 Å². The maximum absolute atomic E-state index is 9.03. The van der Waals surface area contributed by atoms with Crippen molar-refractivity contribution in [1.29, 1.82) is 0 Å². The van der Waals surface area contributed by atoms with Crippen LogP contribution in [-0.2, 0) is 0 Å². The molecular formula is C17H23N3O. The number of nitrogens with zero attached hydrogens (tertiary/aromatic N) is 3. The predicted molar refractivity (Wildman–Crippen MR) is 89.3 cm³/mol. The van der Waals surface area contributed by atoms with E-state index < -0.39 is 0 Å². The van der Waals surface area contributed by atoms with Gasteiger partial charge in [0.1, 0.15) is 0 Å². The second-order valence-electron chi connectivity index (χ2n) is 5.67. The molecule has 0 atom stereocenters. The minimum atomic E-state index is 0.903. The van der Waals surface area contributed by atoms with E-state index in [2.05, 4.69) is 46.2 Å². The summed E-state index contributed by atoms with van der Waals surface area (Å²) in [7, 11) is 8.13. The summed E-state index contributed by atoms with van der Waals surface area (Å²) in [6.07, 6.45) is 6.75. The fraction of sp³-hybridized carbons (Fsp3) is 0.353. The fourth-order valence-corrected chi connectivity index (χ4v) is 2.85. The third-order valence-electron chi connectivity index (χ3n) is 3.87. The molecule has 0 aliphatic heterocycles. The highest BCUT2D eigenvalue weighted by atomic mass is 16.4. The van der Waals surface area contributed by atoms with Gasteiger partial charge in [-0.15, -0.1) is 0 Å². The molecule has 0 radical (unpaired) electrons. The third kappa shape index (κ3) is 2.79. The molecule has 0 saturated heterocycles.